The Bertz CT molecular complexity index is 1020. The summed E-state index contributed by atoms with van der Waals surface area (Å²) in [5.74, 6) is 1.74. The van der Waals surface area contributed by atoms with Gasteiger partial charge in [0.05, 0.1) is 5.75 Å². The van der Waals surface area contributed by atoms with Crippen molar-refractivity contribution < 1.29 is 9.53 Å². The highest BCUT2D eigenvalue weighted by atomic mass is 35.5. The second-order valence-corrected chi connectivity index (χ2v) is 8.68. The number of halogens is 1. The fraction of sp³-hybridized carbons (Fsp3) is 0.318. The van der Waals surface area contributed by atoms with E-state index in [0.29, 0.717) is 27.5 Å². The van der Waals surface area contributed by atoms with Crippen LogP contribution < -0.4 is 9.64 Å². The number of ether oxygens (including phenoxy) is 1. The van der Waals surface area contributed by atoms with Crippen molar-refractivity contribution in [2.45, 2.75) is 18.7 Å². The molecule has 0 bridgehead atoms. The molecule has 162 valence electrons. The Morgan fingerprint density at radius 2 is 1.94 bits per heavy atom. The molecule has 0 unspecified atom stereocenters. The molecule has 31 heavy (non-hydrogen) atoms. The van der Waals surface area contributed by atoms with Crippen LogP contribution in [-0.2, 0) is 11.4 Å². The number of piperazine rings is 1. The molecule has 3 aromatic rings. The summed E-state index contributed by atoms with van der Waals surface area (Å²) in [5, 5.41) is 8.22. The highest BCUT2D eigenvalue weighted by molar-refractivity contribution is 7.99. The lowest BCUT2D eigenvalue weighted by atomic mass is 10.2. The smallest absolute Gasteiger partial charge is 0.233 e. The number of amides is 1. The molecule has 1 aromatic heterocycles. The van der Waals surface area contributed by atoms with Crippen LogP contribution in [0.4, 0.5) is 5.69 Å². The summed E-state index contributed by atoms with van der Waals surface area (Å²) in [6.45, 7) is 5.49. The van der Waals surface area contributed by atoms with Gasteiger partial charge < -0.3 is 14.5 Å². The lowest BCUT2D eigenvalue weighted by molar-refractivity contribution is -0.128. The number of hydrogen-bond acceptors (Lipinski definition) is 6. The maximum absolute atomic E-state index is 12.6. The molecule has 0 spiro atoms. The number of hydrogen-bond donors (Lipinski definition) is 1. The van der Waals surface area contributed by atoms with Gasteiger partial charge in [0, 0.05) is 36.9 Å². The molecule has 1 fully saturated rings. The summed E-state index contributed by atoms with van der Waals surface area (Å²) in [5.41, 5.74) is 2.47. The van der Waals surface area contributed by atoms with Gasteiger partial charge in [-0.15, -0.1) is 5.10 Å². The van der Waals surface area contributed by atoms with Crippen molar-refractivity contribution in [1.82, 2.24) is 20.1 Å². The minimum atomic E-state index is 0.109. The maximum atomic E-state index is 12.6. The number of aromatic nitrogens is 3. The summed E-state index contributed by atoms with van der Waals surface area (Å²) in [6.07, 6.45) is 0. The number of nitrogens with zero attached hydrogens (tertiary/aromatic N) is 4. The molecule has 1 aliphatic rings. The summed E-state index contributed by atoms with van der Waals surface area (Å²) in [6, 6.07) is 15.6. The van der Waals surface area contributed by atoms with Crippen LogP contribution >= 0.6 is 23.4 Å². The normalized spacial score (nSPS) is 14.0. The molecule has 0 aliphatic carbocycles. The lowest BCUT2D eigenvalue weighted by Crippen LogP contribution is -2.49. The molecule has 0 radical (unpaired) electrons. The number of carbonyl (C=O) groups excluding carboxylic acids is 1. The zero-order valence-electron chi connectivity index (χ0n) is 17.3. The second-order valence-electron chi connectivity index (χ2n) is 7.30. The van der Waals surface area contributed by atoms with Crippen LogP contribution in [0, 0.1) is 6.92 Å². The molecule has 2 aromatic carbocycles. The van der Waals surface area contributed by atoms with Gasteiger partial charge >= 0.3 is 0 Å². The van der Waals surface area contributed by atoms with E-state index >= 15 is 0 Å². The Morgan fingerprint density at radius 1 is 1.16 bits per heavy atom. The fourth-order valence-corrected chi connectivity index (χ4v) is 4.19. The quantitative estimate of drug-likeness (QED) is 0.544. The molecule has 1 saturated heterocycles. The van der Waals surface area contributed by atoms with E-state index in [4.69, 9.17) is 16.3 Å². The van der Waals surface area contributed by atoms with Crippen LogP contribution in [0.25, 0.3) is 0 Å². The van der Waals surface area contributed by atoms with E-state index in [2.05, 4.69) is 51.3 Å². The van der Waals surface area contributed by atoms with Crippen molar-refractivity contribution in [3.8, 4) is 5.75 Å². The molecule has 9 heteroatoms. The molecule has 0 saturated carbocycles. The van der Waals surface area contributed by atoms with E-state index < -0.39 is 0 Å². The minimum absolute atomic E-state index is 0.109. The van der Waals surface area contributed by atoms with Gasteiger partial charge in [-0.2, -0.15) is 0 Å². The fourth-order valence-electron chi connectivity index (χ4n) is 3.35. The SMILES string of the molecule is Cc1cccc(N2CCN(C(=O)CSc3n[nH]c(COc4ccc(Cl)cc4)n3)CC2)c1. The van der Waals surface area contributed by atoms with Crippen LogP contribution in [0.1, 0.15) is 11.4 Å². The predicted molar refractivity (Wildman–Crippen MR) is 123 cm³/mol. The Morgan fingerprint density at radius 3 is 2.68 bits per heavy atom. The lowest BCUT2D eigenvalue weighted by Gasteiger charge is -2.36. The zero-order chi connectivity index (χ0) is 21.6. The highest BCUT2D eigenvalue weighted by Gasteiger charge is 2.22. The van der Waals surface area contributed by atoms with E-state index in [9.17, 15) is 4.79 Å². The number of aryl methyl sites for hydroxylation is 1. The number of H-pyrrole nitrogens is 1. The van der Waals surface area contributed by atoms with E-state index in [1.807, 2.05) is 4.90 Å². The van der Waals surface area contributed by atoms with Crippen LogP contribution in [0.3, 0.4) is 0 Å². The number of benzene rings is 2. The predicted octanol–water partition coefficient (Wildman–Crippen LogP) is 3.79. The summed E-state index contributed by atoms with van der Waals surface area (Å²) < 4.78 is 5.65. The van der Waals surface area contributed by atoms with E-state index in [0.717, 1.165) is 26.2 Å². The molecule has 1 N–H and O–H groups in total. The van der Waals surface area contributed by atoms with Crippen molar-refractivity contribution in [2.75, 3.05) is 36.8 Å². The minimum Gasteiger partial charge on any atom is -0.486 e. The second kappa shape index (κ2) is 10.1. The van der Waals surface area contributed by atoms with Crippen LogP contribution in [-0.4, -0.2) is 57.9 Å². The largest absolute Gasteiger partial charge is 0.486 e. The molecular weight excluding hydrogens is 434 g/mol. The van der Waals surface area contributed by atoms with Gasteiger partial charge in [0.1, 0.15) is 12.4 Å². The Hall–Kier alpha value is -2.71. The first-order valence-corrected chi connectivity index (χ1v) is 11.4. The van der Waals surface area contributed by atoms with Crippen LogP contribution in [0.2, 0.25) is 5.02 Å². The van der Waals surface area contributed by atoms with Gasteiger partial charge in [0.25, 0.3) is 0 Å². The third kappa shape index (κ3) is 5.92. The van der Waals surface area contributed by atoms with E-state index in [1.54, 1.807) is 24.3 Å². The first-order valence-electron chi connectivity index (χ1n) is 10.1. The Balaban J connectivity index is 1.21. The number of nitrogens with one attached hydrogen (secondary N) is 1. The van der Waals surface area contributed by atoms with E-state index in [1.165, 1.54) is 23.0 Å². The Kier molecular flexibility index (Phi) is 6.99. The zero-order valence-corrected chi connectivity index (χ0v) is 18.8. The number of rotatable bonds is 7. The van der Waals surface area contributed by atoms with Gasteiger partial charge in [0.15, 0.2) is 5.82 Å². The summed E-state index contributed by atoms with van der Waals surface area (Å²) in [7, 11) is 0. The third-order valence-corrected chi connectivity index (χ3v) is 6.11. The van der Waals surface area contributed by atoms with Crippen molar-refractivity contribution in [3.63, 3.8) is 0 Å². The summed E-state index contributed by atoms with van der Waals surface area (Å²) in [4.78, 5) is 21.2. The number of carbonyl (C=O) groups is 1. The Labute approximate surface area is 190 Å². The molecule has 7 nitrogen and oxygen atoms in total. The van der Waals surface area contributed by atoms with Crippen molar-refractivity contribution in [2.24, 2.45) is 0 Å². The van der Waals surface area contributed by atoms with Gasteiger partial charge in [-0.25, -0.2) is 4.98 Å². The standard InChI is InChI=1S/C22H24ClN5O2S/c1-16-3-2-4-18(13-16)27-9-11-28(12-10-27)21(29)15-31-22-24-20(25-26-22)14-30-19-7-5-17(23)6-8-19/h2-8,13H,9-12,14-15H2,1H3,(H,24,25,26). The number of anilines is 1. The average Bonchev–Trinajstić information content (AvgIpc) is 3.25. The topological polar surface area (TPSA) is 74.3 Å². The van der Waals surface area contributed by atoms with Crippen molar-refractivity contribution >= 4 is 35.0 Å². The van der Waals surface area contributed by atoms with Gasteiger partial charge in [-0.1, -0.05) is 35.5 Å². The van der Waals surface area contributed by atoms with Crippen molar-refractivity contribution in [1.29, 1.82) is 0 Å². The van der Waals surface area contributed by atoms with Gasteiger partial charge in [0.2, 0.25) is 11.1 Å². The van der Waals surface area contributed by atoms with Gasteiger partial charge in [-0.05, 0) is 48.9 Å². The molecule has 1 amide bonds. The van der Waals surface area contributed by atoms with Crippen molar-refractivity contribution in [3.05, 3.63) is 64.9 Å². The number of aromatic amines is 1. The maximum Gasteiger partial charge on any atom is 0.233 e. The summed E-state index contributed by atoms with van der Waals surface area (Å²) >= 11 is 7.20. The molecule has 1 aliphatic heterocycles. The number of thioether (sulfide) groups is 1. The van der Waals surface area contributed by atoms with Crippen LogP contribution in [0.15, 0.2) is 53.7 Å². The third-order valence-electron chi connectivity index (χ3n) is 5.02. The molecular formula is C22H24ClN5O2S. The van der Waals surface area contributed by atoms with Gasteiger partial charge in [-0.3, -0.25) is 9.89 Å². The average molecular weight is 458 g/mol. The first-order chi connectivity index (χ1) is 15.1. The molecule has 0 atom stereocenters. The van der Waals surface area contributed by atoms with Crippen LogP contribution in [0.5, 0.6) is 5.75 Å². The first kappa shape index (κ1) is 21.5. The highest BCUT2D eigenvalue weighted by Crippen LogP contribution is 2.20. The molecule has 4 rings (SSSR count). The molecule has 2 heterocycles. The monoisotopic (exact) mass is 457 g/mol. The van der Waals surface area contributed by atoms with E-state index in [-0.39, 0.29) is 12.5 Å².